The summed E-state index contributed by atoms with van der Waals surface area (Å²) in [6, 6.07) is 73.1. The minimum Gasteiger partial charge on any atom is -0.265 e. The van der Waals surface area contributed by atoms with Crippen LogP contribution in [0.5, 0.6) is 0 Å². The fourth-order valence-electron chi connectivity index (χ4n) is 7.63. The Bertz CT molecular complexity index is 2930. The van der Waals surface area contributed by atoms with Gasteiger partial charge in [0.2, 0.25) is 0 Å². The molecule has 0 spiro atoms. The second kappa shape index (κ2) is 16.4. The minimum absolute atomic E-state index is 0.658. The van der Waals surface area contributed by atoms with E-state index in [1.165, 1.54) is 0 Å². The minimum atomic E-state index is 0.658. The third-order valence-electron chi connectivity index (χ3n) is 10.7. The second-order valence-electron chi connectivity index (χ2n) is 14.5. The molecule has 0 aliphatic heterocycles. The van der Waals surface area contributed by atoms with Crippen molar-refractivity contribution in [3.05, 3.63) is 225 Å². The summed E-state index contributed by atoms with van der Waals surface area (Å²) in [6.45, 7) is 0. The van der Waals surface area contributed by atoms with Crippen LogP contribution in [0.4, 0.5) is 0 Å². The number of hydrogen-bond acceptors (Lipinski definition) is 5. The zero-order valence-corrected chi connectivity index (χ0v) is 32.6. The summed E-state index contributed by atoms with van der Waals surface area (Å²) in [4.78, 5) is 24.9. The zero-order chi connectivity index (χ0) is 40.1. The van der Waals surface area contributed by atoms with E-state index in [1.807, 2.05) is 97.3 Å². The van der Waals surface area contributed by atoms with Crippen LogP contribution >= 0.6 is 0 Å². The third kappa shape index (κ3) is 7.51. The lowest BCUT2D eigenvalue weighted by molar-refractivity contribution is 1.18. The standard InChI is InChI=1S/C55H37N5/c1-5-15-40(16-6-1)50-36-51(41-17-7-2-8-18-41)58-54(57-50)44-27-25-39(26-28-44)46-30-29-45(38-31-33-56-34-32-38)35-49(46)47-23-13-14-24-48(47)55-59-52(42-19-9-3-10-20-42)37-53(60-55)43-21-11-4-12-22-43/h1-37H. The number of nitrogens with zero attached hydrogens (tertiary/aromatic N) is 5. The van der Waals surface area contributed by atoms with E-state index in [2.05, 4.69) is 132 Å². The van der Waals surface area contributed by atoms with Crippen LogP contribution in [0.3, 0.4) is 0 Å². The van der Waals surface area contributed by atoms with Gasteiger partial charge in [-0.2, -0.15) is 0 Å². The maximum Gasteiger partial charge on any atom is 0.161 e. The van der Waals surface area contributed by atoms with Crippen molar-refractivity contribution in [2.75, 3.05) is 0 Å². The van der Waals surface area contributed by atoms with Crippen molar-refractivity contribution in [3.8, 4) is 101 Å². The molecule has 282 valence electrons. The van der Waals surface area contributed by atoms with Gasteiger partial charge in [0.1, 0.15) is 0 Å². The number of hydrogen-bond donors (Lipinski definition) is 0. The van der Waals surface area contributed by atoms with Gasteiger partial charge in [-0.15, -0.1) is 0 Å². The summed E-state index contributed by atoms with van der Waals surface area (Å²) >= 11 is 0. The summed E-state index contributed by atoms with van der Waals surface area (Å²) in [5.41, 5.74) is 15.9. The van der Waals surface area contributed by atoms with Gasteiger partial charge in [0.05, 0.1) is 22.8 Å². The van der Waals surface area contributed by atoms with E-state index < -0.39 is 0 Å². The van der Waals surface area contributed by atoms with Crippen LogP contribution in [0.2, 0.25) is 0 Å². The lowest BCUT2D eigenvalue weighted by Gasteiger charge is -2.17. The second-order valence-corrected chi connectivity index (χ2v) is 14.5. The first-order chi connectivity index (χ1) is 29.7. The Balaban J connectivity index is 1.11. The fourth-order valence-corrected chi connectivity index (χ4v) is 7.63. The SMILES string of the molecule is c1ccc(-c2cc(-c3ccccc3)nc(-c3ccc(-c4ccc(-c5ccncc5)cc4-c4ccccc4-c4nc(-c5ccccc5)cc(-c5ccccc5)n4)cc3)n2)cc1. The van der Waals surface area contributed by atoms with Crippen LogP contribution in [0, 0.1) is 0 Å². The summed E-state index contributed by atoms with van der Waals surface area (Å²) in [7, 11) is 0. The van der Waals surface area contributed by atoms with Crippen molar-refractivity contribution in [1.29, 1.82) is 0 Å². The van der Waals surface area contributed by atoms with Gasteiger partial charge in [-0.3, -0.25) is 4.98 Å². The Morgan fingerprint density at radius 1 is 0.217 bits per heavy atom. The quantitative estimate of drug-likeness (QED) is 0.146. The van der Waals surface area contributed by atoms with Gasteiger partial charge in [0, 0.05) is 45.8 Å². The molecule has 10 rings (SSSR count). The molecule has 0 amide bonds. The normalized spacial score (nSPS) is 11.0. The van der Waals surface area contributed by atoms with Gasteiger partial charge in [-0.05, 0) is 63.7 Å². The van der Waals surface area contributed by atoms with Crippen molar-refractivity contribution in [3.63, 3.8) is 0 Å². The molecule has 5 heteroatoms. The average molecular weight is 768 g/mol. The Hall–Kier alpha value is -8.15. The first-order valence-electron chi connectivity index (χ1n) is 20.0. The topological polar surface area (TPSA) is 64.5 Å². The van der Waals surface area contributed by atoms with Gasteiger partial charge in [-0.25, -0.2) is 19.9 Å². The van der Waals surface area contributed by atoms with E-state index in [-0.39, 0.29) is 0 Å². The maximum atomic E-state index is 5.24. The van der Waals surface area contributed by atoms with Crippen LogP contribution in [0.15, 0.2) is 225 Å². The van der Waals surface area contributed by atoms with E-state index in [1.54, 1.807) is 0 Å². The largest absolute Gasteiger partial charge is 0.265 e. The Labute approximate surface area is 349 Å². The highest BCUT2D eigenvalue weighted by Crippen LogP contribution is 2.41. The van der Waals surface area contributed by atoms with Gasteiger partial charge >= 0.3 is 0 Å². The molecule has 0 saturated carbocycles. The molecular formula is C55H37N5. The Morgan fingerprint density at radius 3 is 1.10 bits per heavy atom. The van der Waals surface area contributed by atoms with Crippen molar-refractivity contribution in [1.82, 2.24) is 24.9 Å². The number of benzene rings is 7. The summed E-state index contributed by atoms with van der Waals surface area (Å²) in [6.07, 6.45) is 3.67. The lowest BCUT2D eigenvalue weighted by atomic mass is 9.88. The Morgan fingerprint density at radius 2 is 0.617 bits per heavy atom. The molecule has 7 aromatic carbocycles. The molecule has 0 saturated heterocycles. The zero-order valence-electron chi connectivity index (χ0n) is 32.6. The van der Waals surface area contributed by atoms with Gasteiger partial charge in [0.25, 0.3) is 0 Å². The summed E-state index contributed by atoms with van der Waals surface area (Å²) < 4.78 is 0. The fraction of sp³-hybridized carbons (Fsp3) is 0. The first-order valence-corrected chi connectivity index (χ1v) is 20.0. The first kappa shape index (κ1) is 36.2. The molecule has 0 atom stereocenters. The highest BCUT2D eigenvalue weighted by Gasteiger charge is 2.19. The predicted molar refractivity (Wildman–Crippen MR) is 244 cm³/mol. The molecule has 0 bridgehead atoms. The maximum absolute atomic E-state index is 5.24. The smallest absolute Gasteiger partial charge is 0.161 e. The van der Waals surface area contributed by atoms with Gasteiger partial charge in [0.15, 0.2) is 11.6 Å². The number of aromatic nitrogens is 5. The molecule has 3 heterocycles. The highest BCUT2D eigenvalue weighted by atomic mass is 14.9. The van der Waals surface area contributed by atoms with E-state index in [4.69, 9.17) is 19.9 Å². The van der Waals surface area contributed by atoms with Crippen LogP contribution in [-0.4, -0.2) is 24.9 Å². The number of pyridine rings is 1. The molecule has 0 aliphatic rings. The third-order valence-corrected chi connectivity index (χ3v) is 10.7. The molecule has 0 N–H and O–H groups in total. The average Bonchev–Trinajstić information content (AvgIpc) is 3.35. The van der Waals surface area contributed by atoms with E-state index in [0.717, 1.165) is 89.5 Å². The van der Waals surface area contributed by atoms with E-state index >= 15 is 0 Å². The van der Waals surface area contributed by atoms with Crippen molar-refractivity contribution in [2.24, 2.45) is 0 Å². The van der Waals surface area contributed by atoms with Crippen LogP contribution in [-0.2, 0) is 0 Å². The molecule has 3 aromatic heterocycles. The Kier molecular flexibility index (Phi) is 9.88. The molecule has 0 fully saturated rings. The molecule has 10 aromatic rings. The molecular weight excluding hydrogens is 731 g/mol. The number of rotatable bonds is 9. The molecule has 0 unspecified atom stereocenters. The highest BCUT2D eigenvalue weighted by molar-refractivity contribution is 5.93. The summed E-state index contributed by atoms with van der Waals surface area (Å²) in [5.74, 6) is 1.33. The lowest BCUT2D eigenvalue weighted by Crippen LogP contribution is -1.98. The van der Waals surface area contributed by atoms with Crippen LogP contribution in [0.1, 0.15) is 0 Å². The van der Waals surface area contributed by atoms with E-state index in [9.17, 15) is 0 Å². The predicted octanol–water partition coefficient (Wildman–Crippen LogP) is 13.7. The monoisotopic (exact) mass is 767 g/mol. The molecule has 60 heavy (non-hydrogen) atoms. The summed E-state index contributed by atoms with van der Waals surface area (Å²) in [5, 5.41) is 0. The van der Waals surface area contributed by atoms with Crippen molar-refractivity contribution < 1.29 is 0 Å². The van der Waals surface area contributed by atoms with Crippen LogP contribution in [0.25, 0.3) is 101 Å². The molecule has 0 radical (unpaired) electrons. The molecule has 0 aliphatic carbocycles. The van der Waals surface area contributed by atoms with Gasteiger partial charge in [-0.1, -0.05) is 182 Å². The van der Waals surface area contributed by atoms with E-state index in [0.29, 0.717) is 11.6 Å². The van der Waals surface area contributed by atoms with Crippen molar-refractivity contribution in [2.45, 2.75) is 0 Å². The van der Waals surface area contributed by atoms with Crippen LogP contribution < -0.4 is 0 Å². The van der Waals surface area contributed by atoms with Crippen molar-refractivity contribution >= 4 is 0 Å². The molecule has 5 nitrogen and oxygen atoms in total. The van der Waals surface area contributed by atoms with Gasteiger partial charge < -0.3 is 0 Å².